The van der Waals surface area contributed by atoms with Crippen molar-refractivity contribution in [3.8, 4) is 0 Å². The van der Waals surface area contributed by atoms with Gasteiger partial charge in [0.25, 0.3) is 0 Å². The number of aromatic nitrogens is 1. The lowest BCUT2D eigenvalue weighted by molar-refractivity contribution is -0.137. The molecular formula is C15H19N3O3. The van der Waals surface area contributed by atoms with Gasteiger partial charge in [0.05, 0.1) is 11.6 Å². The number of carboxylic acids is 1. The number of carboxylic acid groups (broad SMARTS) is 1. The van der Waals surface area contributed by atoms with E-state index < -0.39 is 12.0 Å². The van der Waals surface area contributed by atoms with Crippen LogP contribution in [-0.4, -0.2) is 34.1 Å². The number of carbonyl (C=O) groups excluding carboxylic acids is 1. The predicted molar refractivity (Wildman–Crippen MR) is 80.2 cm³/mol. The topological polar surface area (TPSA) is 111 Å². The van der Waals surface area contributed by atoms with Crippen LogP contribution >= 0.6 is 0 Å². The summed E-state index contributed by atoms with van der Waals surface area (Å²) in [6.45, 7) is 0.493. The lowest BCUT2D eigenvalue weighted by Crippen LogP contribution is -2.34. The Morgan fingerprint density at radius 3 is 2.67 bits per heavy atom. The molecule has 6 nitrogen and oxygen atoms in total. The third kappa shape index (κ3) is 3.29. The third-order valence-corrected chi connectivity index (χ3v) is 3.43. The zero-order chi connectivity index (χ0) is 15.4. The van der Waals surface area contributed by atoms with Gasteiger partial charge in [0.2, 0.25) is 5.91 Å². The minimum absolute atomic E-state index is 0.118. The second-order valence-corrected chi connectivity index (χ2v) is 4.96. The SMILES string of the molecule is NCCc1cn(C(=O)[C@@H](N)CCC(=O)O)c2ccccc12. The normalized spacial score (nSPS) is 12.5. The van der Waals surface area contributed by atoms with E-state index >= 15 is 0 Å². The zero-order valence-corrected chi connectivity index (χ0v) is 11.7. The van der Waals surface area contributed by atoms with Crippen LogP contribution in [0.15, 0.2) is 30.5 Å². The van der Waals surface area contributed by atoms with Crippen molar-refractivity contribution in [2.24, 2.45) is 11.5 Å². The second kappa shape index (κ2) is 6.51. The molecule has 0 saturated carbocycles. The smallest absolute Gasteiger partial charge is 0.303 e. The van der Waals surface area contributed by atoms with E-state index in [9.17, 15) is 9.59 Å². The van der Waals surface area contributed by atoms with Crippen LogP contribution in [0.3, 0.4) is 0 Å². The average Bonchev–Trinajstić information content (AvgIpc) is 2.83. The monoisotopic (exact) mass is 289 g/mol. The van der Waals surface area contributed by atoms with Crippen LogP contribution < -0.4 is 11.5 Å². The molecule has 0 aliphatic heterocycles. The molecule has 21 heavy (non-hydrogen) atoms. The molecule has 2 aromatic rings. The van der Waals surface area contributed by atoms with Crippen LogP contribution in [0.5, 0.6) is 0 Å². The number of fused-ring (bicyclic) bond motifs is 1. The Balaban J connectivity index is 2.32. The Morgan fingerprint density at radius 1 is 1.29 bits per heavy atom. The van der Waals surface area contributed by atoms with Gasteiger partial charge in [-0.1, -0.05) is 18.2 Å². The first-order valence-electron chi connectivity index (χ1n) is 6.85. The molecule has 0 aliphatic rings. The fourth-order valence-corrected chi connectivity index (χ4v) is 2.37. The van der Waals surface area contributed by atoms with E-state index in [0.717, 1.165) is 16.5 Å². The molecule has 0 fully saturated rings. The van der Waals surface area contributed by atoms with Crippen LogP contribution in [0.25, 0.3) is 10.9 Å². The maximum atomic E-state index is 12.4. The highest BCUT2D eigenvalue weighted by molar-refractivity contribution is 5.96. The van der Waals surface area contributed by atoms with Gasteiger partial charge in [-0.05, 0) is 31.0 Å². The standard InChI is InChI=1S/C15H19N3O3/c16-8-7-10-9-18(13-4-2-1-3-11(10)13)15(21)12(17)5-6-14(19)20/h1-4,9,12H,5-8,16-17H2,(H,19,20)/t12-/m0/s1. The van der Waals surface area contributed by atoms with Gasteiger partial charge in [-0.2, -0.15) is 0 Å². The van der Waals surface area contributed by atoms with Gasteiger partial charge in [0.15, 0.2) is 0 Å². The summed E-state index contributed by atoms with van der Waals surface area (Å²) in [4.78, 5) is 23.0. The van der Waals surface area contributed by atoms with Crippen molar-refractivity contribution >= 4 is 22.8 Å². The first-order valence-corrected chi connectivity index (χ1v) is 6.85. The lowest BCUT2D eigenvalue weighted by Gasteiger charge is -2.10. The Hall–Kier alpha value is -2.18. The minimum atomic E-state index is -0.959. The van der Waals surface area contributed by atoms with E-state index in [1.54, 1.807) is 6.20 Å². The number of aliphatic carboxylic acids is 1. The molecule has 0 radical (unpaired) electrons. The Bertz CT molecular complexity index is 663. The molecule has 1 heterocycles. The largest absolute Gasteiger partial charge is 0.481 e. The molecule has 0 amide bonds. The van der Waals surface area contributed by atoms with E-state index in [2.05, 4.69) is 0 Å². The first kappa shape index (κ1) is 15.2. The molecular weight excluding hydrogens is 270 g/mol. The summed E-state index contributed by atoms with van der Waals surface area (Å²) in [5, 5.41) is 9.65. The summed E-state index contributed by atoms with van der Waals surface area (Å²) in [5.41, 5.74) is 13.2. The lowest BCUT2D eigenvalue weighted by atomic mass is 10.1. The Labute approximate surface area is 122 Å². The van der Waals surface area contributed by atoms with Gasteiger partial charge in [0, 0.05) is 18.0 Å². The second-order valence-electron chi connectivity index (χ2n) is 4.96. The van der Waals surface area contributed by atoms with Gasteiger partial charge in [-0.25, -0.2) is 0 Å². The molecule has 1 aromatic carbocycles. The third-order valence-electron chi connectivity index (χ3n) is 3.43. The zero-order valence-electron chi connectivity index (χ0n) is 11.7. The first-order chi connectivity index (χ1) is 10.0. The number of benzene rings is 1. The highest BCUT2D eigenvalue weighted by atomic mass is 16.4. The van der Waals surface area contributed by atoms with E-state index in [1.807, 2.05) is 24.3 Å². The molecule has 0 unspecified atom stereocenters. The van der Waals surface area contributed by atoms with Crippen LogP contribution in [-0.2, 0) is 11.2 Å². The highest BCUT2D eigenvalue weighted by Gasteiger charge is 2.19. The number of para-hydroxylation sites is 1. The van der Waals surface area contributed by atoms with Gasteiger partial charge < -0.3 is 16.6 Å². The molecule has 0 saturated heterocycles. The average molecular weight is 289 g/mol. The fraction of sp³-hybridized carbons (Fsp3) is 0.333. The van der Waals surface area contributed by atoms with Crippen LogP contribution in [0.4, 0.5) is 0 Å². The maximum Gasteiger partial charge on any atom is 0.303 e. The Kier molecular flexibility index (Phi) is 4.72. The fourth-order valence-electron chi connectivity index (χ4n) is 2.37. The van der Waals surface area contributed by atoms with Crippen molar-refractivity contribution in [3.63, 3.8) is 0 Å². The number of nitrogens with two attached hydrogens (primary N) is 2. The van der Waals surface area contributed by atoms with E-state index in [-0.39, 0.29) is 18.7 Å². The molecule has 1 aromatic heterocycles. The molecule has 2 rings (SSSR count). The molecule has 6 heteroatoms. The molecule has 0 bridgehead atoms. The summed E-state index contributed by atoms with van der Waals surface area (Å²) >= 11 is 0. The van der Waals surface area contributed by atoms with Crippen molar-refractivity contribution < 1.29 is 14.7 Å². The van der Waals surface area contributed by atoms with Crippen molar-refractivity contribution in [2.45, 2.75) is 25.3 Å². The summed E-state index contributed by atoms with van der Waals surface area (Å²) in [7, 11) is 0. The van der Waals surface area contributed by atoms with Crippen molar-refractivity contribution in [1.29, 1.82) is 0 Å². The van der Waals surface area contributed by atoms with E-state index in [0.29, 0.717) is 13.0 Å². The quantitative estimate of drug-likeness (QED) is 0.734. The minimum Gasteiger partial charge on any atom is -0.481 e. The van der Waals surface area contributed by atoms with Crippen molar-refractivity contribution in [2.75, 3.05) is 6.54 Å². The summed E-state index contributed by atoms with van der Waals surface area (Å²) in [6.07, 6.45) is 2.42. The number of hydrogen-bond donors (Lipinski definition) is 3. The van der Waals surface area contributed by atoms with Crippen LogP contribution in [0.1, 0.15) is 23.2 Å². The number of hydrogen-bond acceptors (Lipinski definition) is 4. The number of rotatable bonds is 6. The molecule has 0 spiro atoms. The Morgan fingerprint density at radius 2 is 2.00 bits per heavy atom. The van der Waals surface area contributed by atoms with Gasteiger partial charge in [-0.3, -0.25) is 14.2 Å². The van der Waals surface area contributed by atoms with Gasteiger partial charge >= 0.3 is 5.97 Å². The van der Waals surface area contributed by atoms with E-state index in [4.69, 9.17) is 16.6 Å². The molecule has 0 aliphatic carbocycles. The van der Waals surface area contributed by atoms with E-state index in [1.165, 1.54) is 4.57 Å². The number of nitrogens with zero attached hydrogens (tertiary/aromatic N) is 1. The maximum absolute atomic E-state index is 12.4. The predicted octanol–water partition coefficient (Wildman–Crippen LogP) is 0.975. The van der Waals surface area contributed by atoms with Gasteiger partial charge in [0.1, 0.15) is 0 Å². The molecule has 1 atom stereocenters. The summed E-state index contributed by atoms with van der Waals surface area (Å²) < 4.78 is 1.51. The summed E-state index contributed by atoms with van der Waals surface area (Å²) in [5.74, 6) is -1.25. The van der Waals surface area contributed by atoms with Crippen molar-refractivity contribution in [1.82, 2.24) is 4.57 Å². The molecule has 5 N–H and O–H groups in total. The number of carbonyl (C=O) groups is 2. The highest BCUT2D eigenvalue weighted by Crippen LogP contribution is 2.22. The molecule has 112 valence electrons. The van der Waals surface area contributed by atoms with Crippen molar-refractivity contribution in [3.05, 3.63) is 36.0 Å². The van der Waals surface area contributed by atoms with Crippen LogP contribution in [0.2, 0.25) is 0 Å². The summed E-state index contributed by atoms with van der Waals surface area (Å²) in [6, 6.07) is 6.70. The van der Waals surface area contributed by atoms with Gasteiger partial charge in [-0.15, -0.1) is 0 Å². The van der Waals surface area contributed by atoms with Crippen LogP contribution in [0, 0.1) is 0 Å².